The van der Waals surface area contributed by atoms with Gasteiger partial charge in [-0.25, -0.2) is 4.98 Å². The molecule has 0 atom stereocenters. The zero-order valence-electron chi connectivity index (χ0n) is 17.4. The first-order valence-electron chi connectivity index (χ1n) is 10.7. The molecule has 1 saturated carbocycles. The number of methoxy groups -OCH3 is 1. The van der Waals surface area contributed by atoms with E-state index in [1.54, 1.807) is 7.11 Å². The lowest BCUT2D eigenvalue weighted by molar-refractivity contribution is 0.272. The van der Waals surface area contributed by atoms with Crippen LogP contribution in [0.1, 0.15) is 32.6 Å². The minimum atomic E-state index is 0.708. The van der Waals surface area contributed by atoms with E-state index in [-0.39, 0.29) is 0 Å². The molecule has 154 valence electrons. The molecule has 0 saturated heterocycles. The van der Waals surface area contributed by atoms with Gasteiger partial charge in [-0.15, -0.1) is 0 Å². The summed E-state index contributed by atoms with van der Waals surface area (Å²) in [4.78, 5) is 7.40. The van der Waals surface area contributed by atoms with Crippen LogP contribution < -0.4 is 10.1 Å². The molecule has 0 aliphatic heterocycles. The number of hydrogen-bond donors (Lipinski definition) is 1. The number of pyridine rings is 1. The largest absolute Gasteiger partial charge is 0.497 e. The van der Waals surface area contributed by atoms with Crippen molar-refractivity contribution < 1.29 is 4.74 Å². The van der Waals surface area contributed by atoms with Crippen molar-refractivity contribution in [2.45, 2.75) is 32.6 Å². The molecule has 4 rings (SSSR count). The summed E-state index contributed by atoms with van der Waals surface area (Å²) in [5, 5.41) is 6.58. The number of benzene rings is 2. The molecule has 0 unspecified atom stereocenters. The summed E-state index contributed by atoms with van der Waals surface area (Å²) in [5.74, 6) is 1.80. The Balaban J connectivity index is 1.49. The summed E-state index contributed by atoms with van der Waals surface area (Å²) in [5.41, 5.74) is 2.98. The van der Waals surface area contributed by atoms with E-state index in [9.17, 15) is 0 Å². The van der Waals surface area contributed by atoms with E-state index in [4.69, 9.17) is 21.3 Å². The van der Waals surface area contributed by atoms with Gasteiger partial charge in [0.1, 0.15) is 5.75 Å². The Morgan fingerprint density at radius 3 is 2.72 bits per heavy atom. The van der Waals surface area contributed by atoms with Crippen LogP contribution in [0.25, 0.3) is 21.8 Å². The standard InChI is InChI=1S/C24H30ClN3O/c1-3-28(16-17-6-7-17)13-5-4-12-26-24-20-10-8-18(25)14-23(20)27-22-11-9-19(29-2)15-21(22)24/h8-11,14-15,17H,3-7,12-13,16H2,1-2H3,(H,26,27). The first kappa shape index (κ1) is 20.2. The Morgan fingerprint density at radius 2 is 1.97 bits per heavy atom. The van der Waals surface area contributed by atoms with Gasteiger partial charge in [0, 0.05) is 28.9 Å². The van der Waals surface area contributed by atoms with E-state index >= 15 is 0 Å². The zero-order valence-corrected chi connectivity index (χ0v) is 18.1. The average molecular weight is 412 g/mol. The fraction of sp³-hybridized carbons (Fsp3) is 0.458. The molecule has 1 aromatic heterocycles. The average Bonchev–Trinajstić information content (AvgIpc) is 3.55. The molecule has 0 radical (unpaired) electrons. The van der Waals surface area contributed by atoms with E-state index in [0.717, 1.165) is 58.7 Å². The second-order valence-electron chi connectivity index (χ2n) is 8.00. The van der Waals surface area contributed by atoms with E-state index in [1.165, 1.54) is 32.4 Å². The molecule has 1 N–H and O–H groups in total. The monoisotopic (exact) mass is 411 g/mol. The highest BCUT2D eigenvalue weighted by molar-refractivity contribution is 6.31. The lowest BCUT2D eigenvalue weighted by Gasteiger charge is -2.20. The Bertz CT molecular complexity index is 987. The van der Waals surface area contributed by atoms with Crippen LogP contribution in [0.2, 0.25) is 5.02 Å². The van der Waals surface area contributed by atoms with Crippen LogP contribution in [-0.4, -0.2) is 43.2 Å². The van der Waals surface area contributed by atoms with Crippen molar-refractivity contribution in [3.8, 4) is 5.75 Å². The molecular weight excluding hydrogens is 382 g/mol. The topological polar surface area (TPSA) is 37.4 Å². The number of unbranched alkanes of at least 4 members (excludes halogenated alkanes) is 1. The van der Waals surface area contributed by atoms with Gasteiger partial charge in [0.15, 0.2) is 0 Å². The number of anilines is 1. The second kappa shape index (κ2) is 9.19. The van der Waals surface area contributed by atoms with Gasteiger partial charge in [-0.05, 0) is 81.1 Å². The molecule has 4 nitrogen and oxygen atoms in total. The summed E-state index contributed by atoms with van der Waals surface area (Å²) >= 11 is 6.21. The maximum atomic E-state index is 6.21. The van der Waals surface area contributed by atoms with E-state index in [2.05, 4.69) is 29.3 Å². The van der Waals surface area contributed by atoms with Gasteiger partial charge >= 0.3 is 0 Å². The third-order valence-corrected chi connectivity index (χ3v) is 6.04. The van der Waals surface area contributed by atoms with Crippen molar-refractivity contribution in [1.29, 1.82) is 0 Å². The van der Waals surface area contributed by atoms with Crippen molar-refractivity contribution in [2.24, 2.45) is 5.92 Å². The highest BCUT2D eigenvalue weighted by atomic mass is 35.5. The quantitative estimate of drug-likeness (QED) is 0.329. The Morgan fingerprint density at radius 1 is 1.10 bits per heavy atom. The molecule has 0 spiro atoms. The molecule has 5 heteroatoms. The van der Waals surface area contributed by atoms with Crippen molar-refractivity contribution in [3.05, 3.63) is 41.4 Å². The van der Waals surface area contributed by atoms with Gasteiger partial charge in [-0.3, -0.25) is 0 Å². The minimum Gasteiger partial charge on any atom is -0.497 e. The molecule has 0 amide bonds. The number of fused-ring (bicyclic) bond motifs is 2. The van der Waals surface area contributed by atoms with Crippen LogP contribution in [0, 0.1) is 5.92 Å². The number of aromatic nitrogens is 1. The molecule has 1 fully saturated rings. The number of nitrogens with one attached hydrogen (secondary N) is 1. The van der Waals surface area contributed by atoms with Crippen molar-refractivity contribution in [1.82, 2.24) is 9.88 Å². The summed E-state index contributed by atoms with van der Waals surface area (Å²) in [7, 11) is 1.70. The third-order valence-electron chi connectivity index (χ3n) is 5.81. The summed E-state index contributed by atoms with van der Waals surface area (Å²) < 4.78 is 5.44. The summed E-state index contributed by atoms with van der Waals surface area (Å²) in [6, 6.07) is 11.9. The van der Waals surface area contributed by atoms with Crippen LogP contribution in [-0.2, 0) is 0 Å². The predicted octanol–water partition coefficient (Wildman–Crippen LogP) is 5.97. The smallest absolute Gasteiger partial charge is 0.119 e. The molecule has 29 heavy (non-hydrogen) atoms. The Hall–Kier alpha value is -2.04. The summed E-state index contributed by atoms with van der Waals surface area (Å²) in [6.45, 7) is 6.84. The van der Waals surface area contributed by atoms with Crippen LogP contribution in [0.3, 0.4) is 0 Å². The Labute approximate surface area is 178 Å². The van der Waals surface area contributed by atoms with Gasteiger partial charge in [0.05, 0.1) is 23.8 Å². The third kappa shape index (κ3) is 4.93. The van der Waals surface area contributed by atoms with E-state index in [1.807, 2.05) is 24.3 Å². The normalized spacial score (nSPS) is 14.1. The molecule has 0 bridgehead atoms. The maximum Gasteiger partial charge on any atom is 0.119 e. The lowest BCUT2D eigenvalue weighted by Crippen LogP contribution is -2.27. The van der Waals surface area contributed by atoms with E-state index < -0.39 is 0 Å². The molecule has 2 aromatic carbocycles. The van der Waals surface area contributed by atoms with E-state index in [0.29, 0.717) is 5.02 Å². The molecule has 1 heterocycles. The number of hydrogen-bond acceptors (Lipinski definition) is 4. The van der Waals surface area contributed by atoms with Crippen LogP contribution in [0.5, 0.6) is 5.75 Å². The molecule has 1 aliphatic carbocycles. The molecular formula is C24H30ClN3O. The minimum absolute atomic E-state index is 0.708. The van der Waals surface area contributed by atoms with Crippen LogP contribution in [0.15, 0.2) is 36.4 Å². The van der Waals surface area contributed by atoms with Gasteiger partial charge in [-0.1, -0.05) is 18.5 Å². The predicted molar refractivity (Wildman–Crippen MR) is 123 cm³/mol. The number of rotatable bonds is 10. The van der Waals surface area contributed by atoms with Crippen molar-refractivity contribution >= 4 is 39.1 Å². The van der Waals surface area contributed by atoms with Gasteiger partial charge in [0.2, 0.25) is 0 Å². The SMILES string of the molecule is CCN(CCCCNc1c2ccc(Cl)cc2nc2ccc(OC)cc12)CC1CC1. The molecule has 3 aromatic rings. The highest BCUT2D eigenvalue weighted by Gasteiger charge is 2.23. The van der Waals surface area contributed by atoms with Gasteiger partial charge < -0.3 is 15.0 Å². The Kier molecular flexibility index (Phi) is 6.41. The number of halogens is 1. The van der Waals surface area contributed by atoms with Crippen LogP contribution >= 0.6 is 11.6 Å². The summed E-state index contributed by atoms with van der Waals surface area (Å²) in [6.07, 6.45) is 5.20. The zero-order chi connectivity index (χ0) is 20.2. The van der Waals surface area contributed by atoms with Gasteiger partial charge in [0.25, 0.3) is 0 Å². The fourth-order valence-corrected chi connectivity index (χ4v) is 4.10. The van der Waals surface area contributed by atoms with Gasteiger partial charge in [-0.2, -0.15) is 0 Å². The maximum absolute atomic E-state index is 6.21. The van der Waals surface area contributed by atoms with Crippen molar-refractivity contribution in [3.63, 3.8) is 0 Å². The first-order valence-corrected chi connectivity index (χ1v) is 11.1. The van der Waals surface area contributed by atoms with Crippen molar-refractivity contribution in [2.75, 3.05) is 38.6 Å². The first-order chi connectivity index (χ1) is 14.2. The number of nitrogens with zero attached hydrogens (tertiary/aromatic N) is 2. The number of ether oxygens (including phenoxy) is 1. The molecule has 1 aliphatic rings. The lowest BCUT2D eigenvalue weighted by atomic mass is 10.1. The second-order valence-corrected chi connectivity index (χ2v) is 8.44. The highest BCUT2D eigenvalue weighted by Crippen LogP contribution is 2.34. The fourth-order valence-electron chi connectivity index (χ4n) is 3.93. The van der Waals surface area contributed by atoms with Crippen LogP contribution in [0.4, 0.5) is 5.69 Å².